The summed E-state index contributed by atoms with van der Waals surface area (Å²) in [6.45, 7) is 10.7. The Balaban J connectivity index is 2.26. The average molecular weight is 248 g/mol. The van der Waals surface area contributed by atoms with Crippen molar-refractivity contribution in [2.75, 3.05) is 23.3 Å². The van der Waals surface area contributed by atoms with Gasteiger partial charge in [-0.15, -0.1) is 0 Å². The fourth-order valence-corrected chi connectivity index (χ4v) is 2.26. The highest BCUT2D eigenvalue weighted by atomic mass is 15.2. The van der Waals surface area contributed by atoms with Gasteiger partial charge in [-0.25, -0.2) is 9.97 Å². The molecule has 18 heavy (non-hydrogen) atoms. The van der Waals surface area contributed by atoms with E-state index in [0.29, 0.717) is 12.0 Å². The second-order valence-electron chi connectivity index (χ2n) is 5.48. The second kappa shape index (κ2) is 5.55. The molecule has 1 aromatic rings. The first-order valence-corrected chi connectivity index (χ1v) is 6.95. The van der Waals surface area contributed by atoms with E-state index in [4.69, 9.17) is 0 Å². The van der Waals surface area contributed by atoms with Gasteiger partial charge in [-0.05, 0) is 32.6 Å². The number of aromatic nitrogens is 2. The Morgan fingerprint density at radius 1 is 1.39 bits per heavy atom. The first-order valence-electron chi connectivity index (χ1n) is 6.95. The Morgan fingerprint density at radius 2 is 2.11 bits per heavy atom. The summed E-state index contributed by atoms with van der Waals surface area (Å²) in [5, 5.41) is 3.31. The number of rotatable bonds is 6. The van der Waals surface area contributed by atoms with E-state index >= 15 is 0 Å². The fourth-order valence-electron chi connectivity index (χ4n) is 2.26. The Hall–Kier alpha value is -1.32. The monoisotopic (exact) mass is 248 g/mol. The number of hydrogen-bond donors (Lipinski definition) is 1. The molecule has 0 atom stereocenters. The standard InChI is InChI=1S/C14H24N4/c1-5-15-13-11(4)14(17-9-16-13)18(8-10(2)3)12-6-7-12/h9-10,12H,5-8H2,1-4H3,(H,15,16,17). The van der Waals surface area contributed by atoms with Crippen LogP contribution < -0.4 is 10.2 Å². The quantitative estimate of drug-likeness (QED) is 0.840. The molecular weight excluding hydrogens is 224 g/mol. The lowest BCUT2D eigenvalue weighted by Gasteiger charge is -2.27. The summed E-state index contributed by atoms with van der Waals surface area (Å²) in [6, 6.07) is 0.690. The van der Waals surface area contributed by atoms with Crippen molar-refractivity contribution in [2.24, 2.45) is 5.92 Å². The highest BCUT2D eigenvalue weighted by Crippen LogP contribution is 2.34. The third kappa shape index (κ3) is 2.92. The molecule has 1 saturated carbocycles. The molecule has 0 amide bonds. The average Bonchev–Trinajstić information content (AvgIpc) is 3.13. The van der Waals surface area contributed by atoms with Gasteiger partial charge in [-0.2, -0.15) is 0 Å². The molecule has 100 valence electrons. The Bertz CT molecular complexity index is 399. The van der Waals surface area contributed by atoms with Crippen molar-refractivity contribution in [3.8, 4) is 0 Å². The van der Waals surface area contributed by atoms with E-state index in [1.807, 2.05) is 0 Å². The van der Waals surface area contributed by atoms with Crippen LogP contribution in [0, 0.1) is 12.8 Å². The number of hydrogen-bond acceptors (Lipinski definition) is 4. The summed E-state index contributed by atoms with van der Waals surface area (Å²) >= 11 is 0. The summed E-state index contributed by atoms with van der Waals surface area (Å²) in [7, 11) is 0. The van der Waals surface area contributed by atoms with Crippen LogP contribution in [0.15, 0.2) is 6.33 Å². The van der Waals surface area contributed by atoms with Gasteiger partial charge in [-0.1, -0.05) is 13.8 Å². The van der Waals surface area contributed by atoms with Crippen LogP contribution in [0.25, 0.3) is 0 Å². The van der Waals surface area contributed by atoms with Gasteiger partial charge in [0.1, 0.15) is 18.0 Å². The zero-order valence-electron chi connectivity index (χ0n) is 11.9. The normalized spacial score (nSPS) is 14.9. The third-order valence-corrected chi connectivity index (χ3v) is 3.22. The van der Waals surface area contributed by atoms with Gasteiger partial charge in [0, 0.05) is 24.7 Å². The van der Waals surface area contributed by atoms with Crippen molar-refractivity contribution in [1.29, 1.82) is 0 Å². The van der Waals surface area contributed by atoms with Crippen molar-refractivity contribution in [2.45, 2.75) is 46.6 Å². The van der Waals surface area contributed by atoms with E-state index < -0.39 is 0 Å². The van der Waals surface area contributed by atoms with Gasteiger partial charge < -0.3 is 10.2 Å². The van der Waals surface area contributed by atoms with Crippen LogP contribution in [0.4, 0.5) is 11.6 Å². The molecule has 2 rings (SSSR count). The number of nitrogens with zero attached hydrogens (tertiary/aromatic N) is 3. The van der Waals surface area contributed by atoms with E-state index in [2.05, 4.69) is 47.9 Å². The van der Waals surface area contributed by atoms with E-state index in [-0.39, 0.29) is 0 Å². The molecule has 1 aliphatic carbocycles. The Kier molecular flexibility index (Phi) is 4.04. The van der Waals surface area contributed by atoms with Gasteiger partial charge in [0.25, 0.3) is 0 Å². The maximum atomic E-state index is 4.51. The molecular formula is C14H24N4. The van der Waals surface area contributed by atoms with Crippen molar-refractivity contribution in [3.63, 3.8) is 0 Å². The van der Waals surface area contributed by atoms with E-state index in [9.17, 15) is 0 Å². The molecule has 0 bridgehead atoms. The zero-order valence-corrected chi connectivity index (χ0v) is 11.9. The van der Waals surface area contributed by atoms with Crippen LogP contribution in [-0.4, -0.2) is 29.1 Å². The van der Waals surface area contributed by atoms with Gasteiger partial charge >= 0.3 is 0 Å². The molecule has 4 heteroatoms. The minimum atomic E-state index is 0.655. The Morgan fingerprint density at radius 3 is 2.67 bits per heavy atom. The highest BCUT2D eigenvalue weighted by Gasteiger charge is 2.31. The predicted molar refractivity (Wildman–Crippen MR) is 76.1 cm³/mol. The SMILES string of the molecule is CCNc1ncnc(N(CC(C)C)C2CC2)c1C. The minimum Gasteiger partial charge on any atom is -0.370 e. The highest BCUT2D eigenvalue weighted by molar-refractivity contribution is 5.58. The van der Waals surface area contributed by atoms with Crippen molar-refractivity contribution in [1.82, 2.24) is 9.97 Å². The number of nitrogens with one attached hydrogen (secondary N) is 1. The number of anilines is 2. The molecule has 0 aromatic carbocycles. The summed E-state index contributed by atoms with van der Waals surface area (Å²) in [5.74, 6) is 2.73. The lowest BCUT2D eigenvalue weighted by atomic mass is 10.2. The molecule has 0 radical (unpaired) electrons. The van der Waals surface area contributed by atoms with Gasteiger partial charge in [0.15, 0.2) is 0 Å². The van der Waals surface area contributed by atoms with Gasteiger partial charge in [-0.3, -0.25) is 0 Å². The van der Waals surface area contributed by atoms with Gasteiger partial charge in [0.05, 0.1) is 0 Å². The molecule has 0 unspecified atom stereocenters. The molecule has 4 nitrogen and oxygen atoms in total. The predicted octanol–water partition coefficient (Wildman–Crippen LogP) is 2.84. The van der Waals surface area contributed by atoms with Crippen molar-refractivity contribution >= 4 is 11.6 Å². The smallest absolute Gasteiger partial charge is 0.137 e. The first-order chi connectivity index (χ1) is 8.63. The largest absolute Gasteiger partial charge is 0.370 e. The molecule has 0 saturated heterocycles. The summed E-state index contributed by atoms with van der Waals surface area (Å²) in [4.78, 5) is 11.3. The molecule has 1 fully saturated rings. The maximum Gasteiger partial charge on any atom is 0.137 e. The fraction of sp³-hybridized carbons (Fsp3) is 0.714. The third-order valence-electron chi connectivity index (χ3n) is 3.22. The molecule has 1 aliphatic rings. The van der Waals surface area contributed by atoms with Crippen molar-refractivity contribution < 1.29 is 0 Å². The van der Waals surface area contributed by atoms with Crippen LogP contribution in [-0.2, 0) is 0 Å². The maximum absolute atomic E-state index is 4.51. The molecule has 1 N–H and O–H groups in total. The molecule has 0 spiro atoms. The second-order valence-corrected chi connectivity index (χ2v) is 5.48. The molecule has 1 aromatic heterocycles. The summed E-state index contributed by atoms with van der Waals surface area (Å²) < 4.78 is 0. The van der Waals surface area contributed by atoms with E-state index in [1.54, 1.807) is 6.33 Å². The van der Waals surface area contributed by atoms with Crippen LogP contribution in [0.3, 0.4) is 0 Å². The topological polar surface area (TPSA) is 41.1 Å². The van der Waals surface area contributed by atoms with Crippen LogP contribution in [0.5, 0.6) is 0 Å². The van der Waals surface area contributed by atoms with Crippen LogP contribution >= 0.6 is 0 Å². The van der Waals surface area contributed by atoms with Crippen LogP contribution in [0.2, 0.25) is 0 Å². The van der Waals surface area contributed by atoms with Crippen LogP contribution in [0.1, 0.15) is 39.2 Å². The van der Waals surface area contributed by atoms with Crippen molar-refractivity contribution in [3.05, 3.63) is 11.9 Å². The lowest BCUT2D eigenvalue weighted by molar-refractivity contribution is 0.601. The zero-order chi connectivity index (χ0) is 13.1. The summed E-state index contributed by atoms with van der Waals surface area (Å²) in [5.41, 5.74) is 1.17. The first kappa shape index (κ1) is 13.1. The Labute approximate surface area is 110 Å². The van der Waals surface area contributed by atoms with E-state index in [1.165, 1.54) is 18.4 Å². The minimum absolute atomic E-state index is 0.655. The van der Waals surface area contributed by atoms with Gasteiger partial charge in [0.2, 0.25) is 0 Å². The molecule has 0 aliphatic heterocycles. The summed E-state index contributed by atoms with van der Waals surface area (Å²) in [6.07, 6.45) is 4.27. The molecule has 1 heterocycles. The van der Waals surface area contributed by atoms with E-state index in [0.717, 1.165) is 24.7 Å². The lowest BCUT2D eigenvalue weighted by Crippen LogP contribution is -2.31.